The van der Waals surface area contributed by atoms with Gasteiger partial charge in [0.15, 0.2) is 0 Å². The lowest BCUT2D eigenvalue weighted by Gasteiger charge is -2.25. The van der Waals surface area contributed by atoms with Crippen LogP contribution in [0.1, 0.15) is 10.6 Å². The van der Waals surface area contributed by atoms with Gasteiger partial charge in [-0.25, -0.2) is 9.78 Å². The molecule has 2 heterocycles. The number of nitrogens with zero attached hydrogens (tertiary/aromatic N) is 2. The van der Waals surface area contributed by atoms with Gasteiger partial charge in [0.2, 0.25) is 0 Å². The molecule has 0 spiro atoms. The van der Waals surface area contributed by atoms with Gasteiger partial charge in [-0.3, -0.25) is 0 Å². The minimum absolute atomic E-state index is 0.000880. The zero-order valence-electron chi connectivity index (χ0n) is 7.41. The van der Waals surface area contributed by atoms with Crippen LogP contribution in [0.2, 0.25) is 0 Å². The summed E-state index contributed by atoms with van der Waals surface area (Å²) in [7, 11) is 1.66. The van der Waals surface area contributed by atoms with Crippen molar-refractivity contribution in [2.45, 2.75) is 13.0 Å². The van der Waals surface area contributed by atoms with E-state index >= 15 is 0 Å². The fraction of sp³-hybridized carbons (Fsp3) is 0.500. The molecule has 70 valence electrons. The lowest BCUT2D eigenvalue weighted by Crippen LogP contribution is -2.40. The van der Waals surface area contributed by atoms with Gasteiger partial charge in [-0.2, -0.15) is 0 Å². The first-order valence-corrected chi connectivity index (χ1v) is 5.07. The van der Waals surface area contributed by atoms with Crippen LogP contribution in [0.5, 0.6) is 0 Å². The van der Waals surface area contributed by atoms with E-state index in [2.05, 4.69) is 10.3 Å². The van der Waals surface area contributed by atoms with E-state index in [9.17, 15) is 4.79 Å². The van der Waals surface area contributed by atoms with Crippen LogP contribution in [0, 0.1) is 0 Å². The van der Waals surface area contributed by atoms with Crippen LogP contribution in [0.25, 0.3) is 0 Å². The van der Waals surface area contributed by atoms with Gasteiger partial charge < -0.3 is 10.2 Å². The Hall–Kier alpha value is -1.10. The van der Waals surface area contributed by atoms with Crippen LogP contribution in [0.15, 0.2) is 5.51 Å². The van der Waals surface area contributed by atoms with Crippen molar-refractivity contribution in [3.05, 3.63) is 16.1 Å². The van der Waals surface area contributed by atoms with Gasteiger partial charge in [-0.1, -0.05) is 0 Å². The third-order valence-electron chi connectivity index (χ3n) is 2.18. The number of nitrogens with one attached hydrogen (secondary N) is 1. The Labute approximate surface area is 80.6 Å². The molecule has 1 N–H and O–H groups in total. The third kappa shape index (κ3) is 1.51. The smallest absolute Gasteiger partial charge is 0.317 e. The summed E-state index contributed by atoms with van der Waals surface area (Å²) in [6.07, 6.45) is 0.881. The highest BCUT2D eigenvalue weighted by Crippen LogP contribution is 2.21. The molecule has 1 aliphatic heterocycles. The molecule has 1 aliphatic rings. The van der Waals surface area contributed by atoms with Gasteiger partial charge in [0.05, 0.1) is 17.7 Å². The molecule has 0 unspecified atom stereocenters. The second kappa shape index (κ2) is 3.33. The molecule has 2 rings (SSSR count). The molecule has 13 heavy (non-hydrogen) atoms. The number of urea groups is 1. The van der Waals surface area contributed by atoms with Gasteiger partial charge in [-0.05, 0) is 0 Å². The van der Waals surface area contributed by atoms with Crippen molar-refractivity contribution >= 4 is 17.4 Å². The summed E-state index contributed by atoms with van der Waals surface area (Å²) in [6, 6.07) is -0.000880. The molecule has 4 nitrogen and oxygen atoms in total. The minimum Gasteiger partial charge on any atom is -0.341 e. The molecule has 0 aliphatic carbocycles. The molecule has 5 heteroatoms. The lowest BCUT2D eigenvalue weighted by atomic mass is 10.2. The predicted molar refractivity (Wildman–Crippen MR) is 50.7 cm³/mol. The zero-order valence-corrected chi connectivity index (χ0v) is 8.23. The normalized spacial score (nSPS) is 15.3. The molecular weight excluding hydrogens is 186 g/mol. The predicted octanol–water partition coefficient (Wildman–Crippen LogP) is 0.841. The Morgan fingerprint density at radius 1 is 1.77 bits per heavy atom. The van der Waals surface area contributed by atoms with E-state index in [1.807, 2.05) is 5.51 Å². The third-order valence-corrected chi connectivity index (χ3v) is 3.04. The molecule has 0 fully saturated rings. The van der Waals surface area contributed by atoms with Crippen molar-refractivity contribution in [2.75, 3.05) is 13.6 Å². The number of carbonyl (C=O) groups excluding carboxylic acids is 1. The first-order chi connectivity index (χ1) is 6.31. The lowest BCUT2D eigenvalue weighted by molar-refractivity contribution is 0.195. The van der Waals surface area contributed by atoms with Crippen LogP contribution in [0.3, 0.4) is 0 Å². The number of rotatable bonds is 0. The Morgan fingerprint density at radius 2 is 2.62 bits per heavy atom. The molecule has 0 saturated heterocycles. The van der Waals surface area contributed by atoms with E-state index < -0.39 is 0 Å². The number of thiazole rings is 1. The second-order valence-corrected chi connectivity index (χ2v) is 3.89. The van der Waals surface area contributed by atoms with Crippen molar-refractivity contribution in [1.29, 1.82) is 0 Å². The number of hydrogen-bond acceptors (Lipinski definition) is 3. The Balaban J connectivity index is 2.13. The van der Waals surface area contributed by atoms with E-state index in [1.54, 1.807) is 23.3 Å². The van der Waals surface area contributed by atoms with E-state index in [0.29, 0.717) is 6.54 Å². The highest BCUT2D eigenvalue weighted by atomic mass is 32.1. The fourth-order valence-electron chi connectivity index (χ4n) is 1.45. The number of amides is 2. The summed E-state index contributed by atoms with van der Waals surface area (Å²) in [6.45, 7) is 1.48. The monoisotopic (exact) mass is 197 g/mol. The summed E-state index contributed by atoms with van der Waals surface area (Å²) >= 11 is 1.62. The standard InChI is InChI=1S/C8H11N3OS/c1-9-8(12)11-3-2-6-7(4-11)13-5-10-6/h5H,2-4H2,1H3,(H,9,12). The molecule has 0 atom stereocenters. The second-order valence-electron chi connectivity index (χ2n) is 2.95. The van der Waals surface area contributed by atoms with Gasteiger partial charge in [0.25, 0.3) is 0 Å². The SMILES string of the molecule is CNC(=O)N1CCc2ncsc2C1. The maximum Gasteiger partial charge on any atom is 0.317 e. The van der Waals surface area contributed by atoms with Gasteiger partial charge in [-0.15, -0.1) is 11.3 Å². The van der Waals surface area contributed by atoms with E-state index in [-0.39, 0.29) is 6.03 Å². The Bertz CT molecular complexity index is 323. The average molecular weight is 197 g/mol. The highest BCUT2D eigenvalue weighted by Gasteiger charge is 2.21. The molecule has 0 radical (unpaired) electrons. The Kier molecular flexibility index (Phi) is 2.18. The maximum atomic E-state index is 11.3. The molecule has 0 bridgehead atoms. The van der Waals surface area contributed by atoms with Crippen LogP contribution < -0.4 is 5.32 Å². The van der Waals surface area contributed by atoms with Crippen molar-refractivity contribution in [3.63, 3.8) is 0 Å². The van der Waals surface area contributed by atoms with Gasteiger partial charge >= 0.3 is 6.03 Å². The fourth-order valence-corrected chi connectivity index (χ4v) is 2.28. The van der Waals surface area contributed by atoms with Crippen LogP contribution in [0.4, 0.5) is 4.79 Å². The molecule has 0 aromatic carbocycles. The van der Waals surface area contributed by atoms with Gasteiger partial charge in [0.1, 0.15) is 0 Å². The summed E-state index contributed by atoms with van der Waals surface area (Å²) < 4.78 is 0. The quantitative estimate of drug-likeness (QED) is 0.670. The van der Waals surface area contributed by atoms with Crippen LogP contribution in [-0.4, -0.2) is 29.5 Å². The van der Waals surface area contributed by atoms with Crippen molar-refractivity contribution in [3.8, 4) is 0 Å². The summed E-state index contributed by atoms with van der Waals surface area (Å²) in [4.78, 5) is 18.6. The number of hydrogen-bond donors (Lipinski definition) is 1. The summed E-state index contributed by atoms with van der Waals surface area (Å²) in [5, 5.41) is 2.63. The van der Waals surface area contributed by atoms with Crippen molar-refractivity contribution < 1.29 is 4.79 Å². The molecule has 1 aromatic rings. The van der Waals surface area contributed by atoms with Crippen LogP contribution in [-0.2, 0) is 13.0 Å². The van der Waals surface area contributed by atoms with Gasteiger partial charge in [0, 0.05) is 24.9 Å². The average Bonchev–Trinajstić information content (AvgIpc) is 2.63. The van der Waals surface area contributed by atoms with E-state index in [1.165, 1.54) is 4.88 Å². The van der Waals surface area contributed by atoms with Crippen LogP contribution >= 0.6 is 11.3 Å². The zero-order chi connectivity index (χ0) is 9.26. The van der Waals surface area contributed by atoms with Crippen molar-refractivity contribution in [2.24, 2.45) is 0 Å². The number of aromatic nitrogens is 1. The first kappa shape index (κ1) is 8.50. The summed E-state index contributed by atoms with van der Waals surface area (Å²) in [5.74, 6) is 0. The maximum absolute atomic E-state index is 11.3. The highest BCUT2D eigenvalue weighted by molar-refractivity contribution is 7.09. The van der Waals surface area contributed by atoms with Crippen molar-refractivity contribution in [1.82, 2.24) is 15.2 Å². The molecule has 2 amide bonds. The molecule has 0 saturated carbocycles. The Morgan fingerprint density at radius 3 is 3.38 bits per heavy atom. The number of fused-ring (bicyclic) bond motifs is 1. The van der Waals surface area contributed by atoms with E-state index in [0.717, 1.165) is 18.7 Å². The minimum atomic E-state index is -0.000880. The summed E-state index contributed by atoms with van der Waals surface area (Å²) in [5.41, 5.74) is 3.00. The first-order valence-electron chi connectivity index (χ1n) is 4.19. The molecule has 1 aromatic heterocycles. The molecular formula is C8H11N3OS. The van der Waals surface area contributed by atoms with E-state index in [4.69, 9.17) is 0 Å². The number of carbonyl (C=O) groups is 1. The largest absolute Gasteiger partial charge is 0.341 e. The topological polar surface area (TPSA) is 45.2 Å².